The maximum atomic E-state index is 13.7. The molecule has 15 heteroatoms. The first-order chi connectivity index (χ1) is 25.3. The number of ether oxygens (including phenoxy) is 3. The molecule has 7 atom stereocenters. The van der Waals surface area contributed by atoms with Gasteiger partial charge in [-0.25, -0.2) is 4.79 Å². The second-order valence-corrected chi connectivity index (χ2v) is 13.9. The van der Waals surface area contributed by atoms with Crippen molar-refractivity contribution in [2.45, 2.75) is 89.8 Å². The van der Waals surface area contributed by atoms with E-state index in [1.165, 1.54) is 19.3 Å². The summed E-state index contributed by atoms with van der Waals surface area (Å²) in [5.41, 5.74) is 9.73. The Bertz CT molecular complexity index is 1600. The van der Waals surface area contributed by atoms with E-state index in [0.29, 0.717) is 34.7 Å². The second-order valence-electron chi connectivity index (χ2n) is 13.5. The highest BCUT2D eigenvalue weighted by Crippen LogP contribution is 2.28. The third kappa shape index (κ3) is 13.7. The molecule has 0 radical (unpaired) electrons. The molecule has 2 amide bonds. The lowest BCUT2D eigenvalue weighted by Gasteiger charge is -2.31. The molecule has 1 heterocycles. The minimum atomic E-state index is -1.38. The third-order valence-electron chi connectivity index (χ3n) is 8.97. The van der Waals surface area contributed by atoms with E-state index in [9.17, 15) is 29.4 Å². The molecule has 0 aliphatic carbocycles. The van der Waals surface area contributed by atoms with Gasteiger partial charge in [0, 0.05) is 36.8 Å². The lowest BCUT2D eigenvalue weighted by atomic mass is 9.89. The fourth-order valence-corrected chi connectivity index (χ4v) is 6.17. The molecule has 2 aromatic carbocycles. The van der Waals surface area contributed by atoms with Crippen LogP contribution >= 0.6 is 11.6 Å². The van der Waals surface area contributed by atoms with Crippen molar-refractivity contribution in [2.24, 2.45) is 22.9 Å². The van der Waals surface area contributed by atoms with Gasteiger partial charge in [0.05, 0.1) is 24.2 Å². The highest BCUT2D eigenvalue weighted by Gasteiger charge is 2.36. The molecule has 0 bridgehead atoms. The predicted molar refractivity (Wildman–Crippen MR) is 198 cm³/mol. The molecule has 53 heavy (non-hydrogen) atoms. The van der Waals surface area contributed by atoms with Gasteiger partial charge in [-0.15, -0.1) is 0 Å². The quantitative estimate of drug-likeness (QED) is 0.0660. The summed E-state index contributed by atoms with van der Waals surface area (Å²) >= 11 is 6.33. The van der Waals surface area contributed by atoms with E-state index in [2.05, 4.69) is 20.7 Å². The Labute approximate surface area is 314 Å². The molecule has 1 aliphatic heterocycles. The normalized spacial score (nSPS) is 22.6. The molecule has 0 spiro atoms. The topological polar surface area (TPSA) is 209 Å². The van der Waals surface area contributed by atoms with Crippen LogP contribution in [-0.4, -0.2) is 78.5 Å². The SMILES string of the molecule is COc1ccc(C[C@H]2NC(=O)/C=C/C[C@@H]([C@H](C)[C@@H](O)[C@H](O)c3ccccc3)OC(=O)[C@H](CC(C)C)OC(=O)[C@H](CCCCN=[N+]=[N-])CNC2=O)cc1Cl. The molecule has 0 fully saturated rings. The molecule has 2 aromatic rings. The van der Waals surface area contributed by atoms with Crippen LogP contribution in [0.1, 0.15) is 70.1 Å². The van der Waals surface area contributed by atoms with E-state index in [4.69, 9.17) is 31.3 Å². The van der Waals surface area contributed by atoms with Gasteiger partial charge in [-0.05, 0) is 60.0 Å². The summed E-state index contributed by atoms with van der Waals surface area (Å²) in [6.45, 7) is 5.36. The van der Waals surface area contributed by atoms with Crippen molar-refractivity contribution >= 4 is 35.4 Å². The van der Waals surface area contributed by atoms with E-state index in [0.717, 1.165) is 0 Å². The minimum Gasteiger partial charge on any atom is -0.495 e. The van der Waals surface area contributed by atoms with Gasteiger partial charge in [-0.1, -0.05) is 86.4 Å². The fourth-order valence-electron chi connectivity index (χ4n) is 5.89. The largest absolute Gasteiger partial charge is 0.495 e. The van der Waals surface area contributed by atoms with Crippen LogP contribution in [0, 0.1) is 17.8 Å². The number of azide groups is 1. The minimum absolute atomic E-state index is 0.0493. The highest BCUT2D eigenvalue weighted by atomic mass is 35.5. The summed E-state index contributed by atoms with van der Waals surface area (Å²) in [7, 11) is 1.48. The first-order valence-corrected chi connectivity index (χ1v) is 18.1. The van der Waals surface area contributed by atoms with Gasteiger partial charge in [-0.2, -0.15) is 0 Å². The number of nitrogens with zero attached hydrogens (tertiary/aromatic N) is 3. The van der Waals surface area contributed by atoms with Gasteiger partial charge >= 0.3 is 11.9 Å². The van der Waals surface area contributed by atoms with Crippen LogP contribution in [0.5, 0.6) is 5.75 Å². The molecule has 3 rings (SSSR count). The van der Waals surface area contributed by atoms with Crippen LogP contribution in [0.25, 0.3) is 10.4 Å². The maximum Gasteiger partial charge on any atom is 0.347 e. The zero-order valence-corrected chi connectivity index (χ0v) is 31.3. The van der Waals surface area contributed by atoms with Crippen molar-refractivity contribution in [3.05, 3.63) is 87.3 Å². The van der Waals surface area contributed by atoms with Gasteiger partial charge in [0.1, 0.15) is 24.0 Å². The smallest absolute Gasteiger partial charge is 0.347 e. The second kappa shape index (κ2) is 21.8. The molecule has 0 saturated carbocycles. The van der Waals surface area contributed by atoms with Gasteiger partial charge in [0.25, 0.3) is 0 Å². The molecular weight excluding hydrogens is 706 g/mol. The van der Waals surface area contributed by atoms with Gasteiger partial charge < -0.3 is 35.1 Å². The van der Waals surface area contributed by atoms with Crippen molar-refractivity contribution in [3.8, 4) is 5.75 Å². The number of carbonyl (C=O) groups excluding carboxylic acids is 4. The molecule has 14 nitrogen and oxygen atoms in total. The molecule has 1 aliphatic rings. The molecular formula is C38H50ClN5O9. The van der Waals surface area contributed by atoms with Gasteiger partial charge in [0.2, 0.25) is 11.8 Å². The molecule has 0 aromatic heterocycles. The maximum absolute atomic E-state index is 13.7. The van der Waals surface area contributed by atoms with E-state index in [1.807, 2.05) is 13.8 Å². The van der Waals surface area contributed by atoms with Crippen LogP contribution in [0.4, 0.5) is 0 Å². The van der Waals surface area contributed by atoms with E-state index < -0.39 is 66.0 Å². The molecule has 288 valence electrons. The number of halogens is 1. The summed E-state index contributed by atoms with van der Waals surface area (Å²) in [6.07, 6.45) is -1.13. The number of cyclic esters (lactones) is 2. The Morgan fingerprint density at radius 2 is 1.77 bits per heavy atom. The van der Waals surface area contributed by atoms with Crippen molar-refractivity contribution in [3.63, 3.8) is 0 Å². The van der Waals surface area contributed by atoms with Crippen molar-refractivity contribution < 1.29 is 43.6 Å². The molecule has 4 N–H and O–H groups in total. The Hall–Kier alpha value is -4.62. The Balaban J connectivity index is 1.98. The van der Waals surface area contributed by atoms with Crippen molar-refractivity contribution in [1.82, 2.24) is 10.6 Å². The van der Waals surface area contributed by atoms with Crippen LogP contribution in [0.15, 0.2) is 65.8 Å². The summed E-state index contributed by atoms with van der Waals surface area (Å²) in [5.74, 6) is -4.18. The van der Waals surface area contributed by atoms with E-state index >= 15 is 0 Å². The van der Waals surface area contributed by atoms with Gasteiger partial charge in [-0.3, -0.25) is 14.4 Å². The lowest BCUT2D eigenvalue weighted by Crippen LogP contribution is -2.49. The van der Waals surface area contributed by atoms with E-state index in [-0.39, 0.29) is 44.7 Å². The van der Waals surface area contributed by atoms with E-state index in [1.54, 1.807) is 55.5 Å². The van der Waals surface area contributed by atoms with Crippen LogP contribution in [0.3, 0.4) is 0 Å². The Morgan fingerprint density at radius 1 is 1.04 bits per heavy atom. The lowest BCUT2D eigenvalue weighted by molar-refractivity contribution is -0.179. The number of carbonyl (C=O) groups is 4. The number of methoxy groups -OCH3 is 1. The summed E-state index contributed by atoms with van der Waals surface area (Å²) in [6, 6.07) is 12.4. The number of aliphatic hydroxyl groups excluding tert-OH is 2. The molecule has 0 unspecified atom stereocenters. The first-order valence-electron chi connectivity index (χ1n) is 17.7. The monoisotopic (exact) mass is 755 g/mol. The number of amides is 2. The van der Waals surface area contributed by atoms with Crippen LogP contribution in [0.2, 0.25) is 5.02 Å². The highest BCUT2D eigenvalue weighted by molar-refractivity contribution is 6.32. The Kier molecular flexibility index (Phi) is 17.6. The number of hydrogen-bond acceptors (Lipinski definition) is 10. The zero-order chi connectivity index (χ0) is 38.9. The predicted octanol–water partition coefficient (Wildman–Crippen LogP) is 5.15. The summed E-state index contributed by atoms with van der Waals surface area (Å²) < 4.78 is 17.0. The van der Waals surface area contributed by atoms with Crippen molar-refractivity contribution in [1.29, 1.82) is 0 Å². The average molecular weight is 756 g/mol. The Morgan fingerprint density at radius 3 is 2.43 bits per heavy atom. The number of esters is 2. The number of hydrogen-bond donors (Lipinski definition) is 4. The zero-order valence-electron chi connectivity index (χ0n) is 30.5. The van der Waals surface area contributed by atoms with Crippen LogP contribution < -0.4 is 15.4 Å². The van der Waals surface area contributed by atoms with Gasteiger partial charge in [0.15, 0.2) is 6.10 Å². The van der Waals surface area contributed by atoms with Crippen molar-refractivity contribution in [2.75, 3.05) is 20.2 Å². The average Bonchev–Trinajstić information content (AvgIpc) is 3.13. The first kappa shape index (κ1) is 42.8. The number of aliphatic hydroxyl groups is 2. The number of unbranched alkanes of at least 4 members (excludes halogenated alkanes) is 1. The summed E-state index contributed by atoms with van der Waals surface area (Å²) in [4.78, 5) is 57.1. The third-order valence-corrected chi connectivity index (χ3v) is 9.27. The van der Waals surface area contributed by atoms with Crippen LogP contribution in [-0.2, 0) is 35.1 Å². The molecule has 0 saturated heterocycles. The number of rotatable bonds is 14. The fraction of sp³-hybridized carbons (Fsp3) is 0.526. The summed E-state index contributed by atoms with van der Waals surface area (Å²) in [5, 5.41) is 31.5. The standard InChI is InChI=1S/C38H50ClN5O9/c1-23(2)19-32-38(50)52-30(24(3)34(46)35(47)26-11-6-5-7-12-26)14-10-15-33(45)43-29(21-25-16-17-31(51-4)28(39)20-25)36(48)41-22-27(37(49)53-32)13-8-9-18-42-44-40/h5-7,10-12,15-17,20,23-24,27,29-30,32,34-35,46-47H,8-9,13-14,18-19,21-22H2,1-4H3,(H,41,48)(H,43,45)/b15-10+/t24-,27+,29+,30-,32-,34+,35+/m0/s1. The number of nitrogens with one attached hydrogen (secondary N) is 2. The number of benzene rings is 2.